The zero-order valence-corrected chi connectivity index (χ0v) is 15.9. The van der Waals surface area contributed by atoms with Crippen LogP contribution in [0.3, 0.4) is 0 Å². The number of fused-ring (bicyclic) bond motifs is 3. The van der Waals surface area contributed by atoms with Crippen LogP contribution in [-0.2, 0) is 11.3 Å². The maximum Gasteiger partial charge on any atom is 0.221 e. The third-order valence-corrected chi connectivity index (χ3v) is 5.52. The highest BCUT2D eigenvalue weighted by Crippen LogP contribution is 2.38. The molecule has 1 atom stereocenters. The number of carbonyl (C=O) groups excluding carboxylic acids is 1. The summed E-state index contributed by atoms with van der Waals surface area (Å²) in [4.78, 5) is 17.2. The van der Waals surface area contributed by atoms with Gasteiger partial charge < -0.3 is 9.72 Å². The lowest BCUT2D eigenvalue weighted by Crippen LogP contribution is -2.21. The molecule has 1 aromatic carbocycles. The van der Waals surface area contributed by atoms with Gasteiger partial charge in [0.1, 0.15) is 5.65 Å². The largest absolute Gasteiger partial charge is 0.350 e. The van der Waals surface area contributed by atoms with E-state index in [1.165, 1.54) is 11.1 Å². The van der Waals surface area contributed by atoms with E-state index in [2.05, 4.69) is 52.0 Å². The Balaban J connectivity index is 1.74. The van der Waals surface area contributed by atoms with Crippen molar-refractivity contribution in [3.05, 3.63) is 76.9 Å². The van der Waals surface area contributed by atoms with Crippen LogP contribution in [0.2, 0.25) is 0 Å². The molecule has 6 heteroatoms. The van der Waals surface area contributed by atoms with Gasteiger partial charge in [-0.2, -0.15) is 5.10 Å². The van der Waals surface area contributed by atoms with Crippen LogP contribution >= 0.6 is 0 Å². The number of amides is 1. The van der Waals surface area contributed by atoms with Crippen LogP contribution in [0.5, 0.6) is 0 Å². The summed E-state index contributed by atoms with van der Waals surface area (Å²) in [5, 5.41) is 10.5. The minimum Gasteiger partial charge on any atom is -0.350 e. The smallest absolute Gasteiger partial charge is 0.221 e. The Labute approximate surface area is 162 Å². The van der Waals surface area contributed by atoms with Crippen LogP contribution in [0, 0.1) is 13.8 Å². The molecule has 0 saturated heterocycles. The SMILES string of the molecule is Cc1ccc(C)c(-c2[nH]ncc2[C@H]2CC(=O)NCc3nc4ccccn4c32)c1. The molecular formula is C22H21N5O. The van der Waals surface area contributed by atoms with Crippen molar-refractivity contribution in [2.24, 2.45) is 0 Å². The highest BCUT2D eigenvalue weighted by atomic mass is 16.1. The van der Waals surface area contributed by atoms with E-state index in [0.29, 0.717) is 13.0 Å². The lowest BCUT2D eigenvalue weighted by molar-refractivity contribution is -0.121. The second-order valence-electron chi connectivity index (χ2n) is 7.42. The fourth-order valence-electron chi connectivity index (χ4n) is 4.14. The Morgan fingerprint density at radius 3 is 2.96 bits per heavy atom. The maximum atomic E-state index is 12.5. The first kappa shape index (κ1) is 16.7. The number of imidazole rings is 1. The maximum absolute atomic E-state index is 12.5. The average Bonchev–Trinajstić information content (AvgIpc) is 3.27. The molecule has 0 bridgehead atoms. The fraction of sp³-hybridized carbons (Fsp3) is 0.227. The molecule has 6 nitrogen and oxygen atoms in total. The highest BCUT2D eigenvalue weighted by Gasteiger charge is 2.31. The van der Waals surface area contributed by atoms with E-state index in [1.54, 1.807) is 0 Å². The number of rotatable bonds is 2. The number of nitrogens with zero attached hydrogens (tertiary/aromatic N) is 3. The average molecular weight is 371 g/mol. The number of pyridine rings is 1. The molecule has 1 aliphatic heterocycles. The van der Waals surface area contributed by atoms with E-state index < -0.39 is 0 Å². The number of aromatic amines is 1. The van der Waals surface area contributed by atoms with Gasteiger partial charge in [-0.25, -0.2) is 4.98 Å². The zero-order valence-electron chi connectivity index (χ0n) is 15.9. The molecular weight excluding hydrogens is 350 g/mol. The summed E-state index contributed by atoms with van der Waals surface area (Å²) in [5.74, 6) is -0.0932. The van der Waals surface area contributed by atoms with E-state index in [9.17, 15) is 4.79 Å². The third kappa shape index (κ3) is 2.60. The number of hydrogen-bond acceptors (Lipinski definition) is 3. The molecule has 0 radical (unpaired) electrons. The molecule has 0 fully saturated rings. The van der Waals surface area contributed by atoms with Gasteiger partial charge in [-0.1, -0.05) is 23.8 Å². The molecule has 140 valence electrons. The second kappa shape index (κ2) is 6.34. The van der Waals surface area contributed by atoms with Crippen molar-refractivity contribution in [3.8, 4) is 11.3 Å². The Morgan fingerprint density at radius 2 is 2.07 bits per heavy atom. The van der Waals surface area contributed by atoms with Crippen LogP contribution in [0.15, 0.2) is 48.8 Å². The number of H-pyrrole nitrogens is 1. The van der Waals surface area contributed by atoms with Gasteiger partial charge in [0.05, 0.1) is 29.8 Å². The van der Waals surface area contributed by atoms with Gasteiger partial charge in [0.25, 0.3) is 0 Å². The predicted molar refractivity (Wildman–Crippen MR) is 107 cm³/mol. The van der Waals surface area contributed by atoms with Crippen molar-refractivity contribution >= 4 is 11.6 Å². The topological polar surface area (TPSA) is 75.1 Å². The summed E-state index contributed by atoms with van der Waals surface area (Å²) < 4.78 is 2.10. The first-order valence-corrected chi connectivity index (χ1v) is 9.45. The summed E-state index contributed by atoms with van der Waals surface area (Å²) in [6, 6.07) is 12.4. The van der Waals surface area contributed by atoms with Gasteiger partial charge in [-0.3, -0.25) is 9.89 Å². The van der Waals surface area contributed by atoms with Gasteiger partial charge in [-0.15, -0.1) is 0 Å². The van der Waals surface area contributed by atoms with Crippen LogP contribution in [0.25, 0.3) is 16.9 Å². The van der Waals surface area contributed by atoms with E-state index in [-0.39, 0.29) is 11.8 Å². The predicted octanol–water partition coefficient (Wildman–Crippen LogP) is 3.49. The van der Waals surface area contributed by atoms with Crippen LogP contribution in [0.1, 0.15) is 40.4 Å². The summed E-state index contributed by atoms with van der Waals surface area (Å²) in [6.45, 7) is 4.63. The minimum atomic E-state index is -0.122. The number of nitrogens with one attached hydrogen (secondary N) is 2. The van der Waals surface area contributed by atoms with Gasteiger partial charge in [0, 0.05) is 29.7 Å². The summed E-state index contributed by atoms with van der Waals surface area (Å²) >= 11 is 0. The molecule has 5 rings (SSSR count). The zero-order chi connectivity index (χ0) is 19.3. The van der Waals surface area contributed by atoms with Crippen molar-refractivity contribution < 1.29 is 4.79 Å². The Kier molecular flexibility index (Phi) is 3.79. The molecule has 0 saturated carbocycles. The molecule has 4 heterocycles. The van der Waals surface area contributed by atoms with Gasteiger partial charge >= 0.3 is 0 Å². The van der Waals surface area contributed by atoms with Crippen molar-refractivity contribution in [1.29, 1.82) is 0 Å². The van der Waals surface area contributed by atoms with Crippen molar-refractivity contribution in [3.63, 3.8) is 0 Å². The molecule has 28 heavy (non-hydrogen) atoms. The quantitative estimate of drug-likeness (QED) is 0.566. The van der Waals surface area contributed by atoms with Crippen molar-refractivity contribution in [2.75, 3.05) is 0 Å². The Hall–Kier alpha value is -3.41. The lowest BCUT2D eigenvalue weighted by atomic mass is 9.88. The molecule has 0 spiro atoms. The van der Waals surface area contributed by atoms with Crippen LogP contribution in [-0.4, -0.2) is 25.5 Å². The van der Waals surface area contributed by atoms with Gasteiger partial charge in [0.15, 0.2) is 0 Å². The summed E-state index contributed by atoms with van der Waals surface area (Å²) in [5.41, 5.74) is 8.34. The monoisotopic (exact) mass is 371 g/mol. The minimum absolute atomic E-state index is 0.0285. The van der Waals surface area contributed by atoms with Crippen LogP contribution in [0.4, 0.5) is 0 Å². The molecule has 2 N–H and O–H groups in total. The number of carbonyl (C=O) groups is 1. The first-order chi connectivity index (χ1) is 13.6. The second-order valence-corrected chi connectivity index (χ2v) is 7.42. The summed E-state index contributed by atoms with van der Waals surface area (Å²) in [6.07, 6.45) is 4.24. The highest BCUT2D eigenvalue weighted by molar-refractivity contribution is 5.80. The first-order valence-electron chi connectivity index (χ1n) is 9.45. The molecule has 1 aliphatic rings. The Morgan fingerprint density at radius 1 is 1.18 bits per heavy atom. The third-order valence-electron chi connectivity index (χ3n) is 5.52. The van der Waals surface area contributed by atoms with E-state index >= 15 is 0 Å². The molecule has 4 aromatic rings. The fourth-order valence-corrected chi connectivity index (χ4v) is 4.14. The van der Waals surface area contributed by atoms with E-state index in [4.69, 9.17) is 4.98 Å². The van der Waals surface area contributed by atoms with Crippen molar-refractivity contribution in [2.45, 2.75) is 32.7 Å². The molecule has 0 unspecified atom stereocenters. The van der Waals surface area contributed by atoms with Crippen molar-refractivity contribution in [1.82, 2.24) is 24.9 Å². The summed E-state index contributed by atoms with van der Waals surface area (Å²) in [7, 11) is 0. The lowest BCUT2D eigenvalue weighted by Gasteiger charge is -2.17. The number of aromatic nitrogens is 4. The van der Waals surface area contributed by atoms with Crippen LogP contribution < -0.4 is 5.32 Å². The number of aryl methyl sites for hydroxylation is 2. The van der Waals surface area contributed by atoms with E-state index in [0.717, 1.165) is 33.9 Å². The van der Waals surface area contributed by atoms with Gasteiger partial charge in [-0.05, 0) is 37.6 Å². The Bertz CT molecular complexity index is 1200. The number of benzene rings is 1. The normalized spacial score (nSPS) is 16.6. The molecule has 1 amide bonds. The van der Waals surface area contributed by atoms with Gasteiger partial charge in [0.2, 0.25) is 5.91 Å². The standard InChI is InChI=1S/C22H21N5O/c1-13-6-7-14(2)15(9-13)21-17(11-24-26-21)16-10-20(28)23-12-18-22(16)27-8-4-3-5-19(27)25-18/h3-9,11,16H,10,12H2,1-2H3,(H,23,28)(H,24,26)/t16-/m1/s1. The molecule has 3 aromatic heterocycles. The molecule has 0 aliphatic carbocycles. The van der Waals surface area contributed by atoms with E-state index in [1.807, 2.05) is 30.6 Å². The number of hydrogen-bond donors (Lipinski definition) is 2.